The highest BCUT2D eigenvalue weighted by Gasteiger charge is 2.28. The first-order valence-electron chi connectivity index (χ1n) is 9.01. The molecular formula is C24H16O5. The first-order valence-corrected chi connectivity index (χ1v) is 9.01. The SMILES string of the molecule is O=C(OC(C(=O)c1ccccc1)c1ccccc1)c1cc(=O)c2ccccc2o1. The van der Waals surface area contributed by atoms with Crippen molar-refractivity contribution in [3.05, 3.63) is 118 Å². The Morgan fingerprint density at radius 3 is 2.14 bits per heavy atom. The number of fused-ring (bicyclic) bond motifs is 1. The van der Waals surface area contributed by atoms with Gasteiger partial charge in [0.25, 0.3) is 0 Å². The number of hydrogen-bond acceptors (Lipinski definition) is 5. The van der Waals surface area contributed by atoms with Gasteiger partial charge in [0.2, 0.25) is 11.5 Å². The fourth-order valence-corrected chi connectivity index (χ4v) is 3.02. The summed E-state index contributed by atoms with van der Waals surface area (Å²) in [6.07, 6.45) is -1.16. The fraction of sp³-hybridized carbons (Fsp3) is 0.0417. The summed E-state index contributed by atoms with van der Waals surface area (Å²) < 4.78 is 11.1. The monoisotopic (exact) mass is 384 g/mol. The molecule has 0 aliphatic heterocycles. The van der Waals surface area contributed by atoms with E-state index in [4.69, 9.17) is 9.15 Å². The minimum atomic E-state index is -1.16. The van der Waals surface area contributed by atoms with E-state index in [0.717, 1.165) is 6.07 Å². The number of hydrogen-bond donors (Lipinski definition) is 0. The molecule has 3 aromatic carbocycles. The third kappa shape index (κ3) is 3.84. The Bertz CT molecular complexity index is 1230. The second-order valence-electron chi connectivity index (χ2n) is 6.40. The molecule has 4 rings (SSSR count). The van der Waals surface area contributed by atoms with Gasteiger partial charge in [-0.1, -0.05) is 72.8 Å². The van der Waals surface area contributed by atoms with E-state index in [1.165, 1.54) is 0 Å². The molecule has 0 aliphatic carbocycles. The highest BCUT2D eigenvalue weighted by Crippen LogP contribution is 2.24. The van der Waals surface area contributed by atoms with E-state index in [2.05, 4.69) is 0 Å². The van der Waals surface area contributed by atoms with Crippen LogP contribution in [0, 0.1) is 0 Å². The highest BCUT2D eigenvalue weighted by atomic mass is 16.6. The van der Waals surface area contributed by atoms with Crippen LogP contribution in [0.25, 0.3) is 11.0 Å². The van der Waals surface area contributed by atoms with Gasteiger partial charge in [-0.25, -0.2) is 4.79 Å². The van der Waals surface area contributed by atoms with Crippen molar-refractivity contribution in [2.45, 2.75) is 6.10 Å². The summed E-state index contributed by atoms with van der Waals surface area (Å²) in [5, 5.41) is 0.365. The van der Waals surface area contributed by atoms with Crippen LogP contribution < -0.4 is 5.43 Å². The van der Waals surface area contributed by atoms with Gasteiger partial charge >= 0.3 is 5.97 Å². The van der Waals surface area contributed by atoms with Crippen LogP contribution in [0.3, 0.4) is 0 Å². The lowest BCUT2D eigenvalue weighted by Gasteiger charge is -2.17. The maximum atomic E-state index is 13.0. The van der Waals surface area contributed by atoms with Gasteiger partial charge in [-0.15, -0.1) is 0 Å². The van der Waals surface area contributed by atoms with E-state index in [1.54, 1.807) is 84.9 Å². The lowest BCUT2D eigenvalue weighted by Crippen LogP contribution is -2.21. The van der Waals surface area contributed by atoms with Gasteiger partial charge < -0.3 is 9.15 Å². The molecule has 5 nitrogen and oxygen atoms in total. The molecule has 0 amide bonds. The number of para-hydroxylation sites is 1. The smallest absolute Gasteiger partial charge is 0.375 e. The van der Waals surface area contributed by atoms with E-state index in [-0.39, 0.29) is 22.6 Å². The van der Waals surface area contributed by atoms with Crippen LogP contribution in [0.5, 0.6) is 0 Å². The molecule has 0 N–H and O–H groups in total. The third-order valence-electron chi connectivity index (χ3n) is 4.46. The number of carbonyl (C=O) groups is 2. The van der Waals surface area contributed by atoms with Gasteiger partial charge in [-0.3, -0.25) is 9.59 Å². The van der Waals surface area contributed by atoms with Gasteiger partial charge in [0.05, 0.1) is 5.39 Å². The lowest BCUT2D eigenvalue weighted by atomic mass is 10.00. The average Bonchev–Trinajstić information content (AvgIpc) is 2.78. The largest absolute Gasteiger partial charge is 0.449 e. The van der Waals surface area contributed by atoms with Crippen molar-refractivity contribution in [3.63, 3.8) is 0 Å². The molecule has 5 heteroatoms. The maximum absolute atomic E-state index is 13.0. The molecular weight excluding hydrogens is 368 g/mol. The first kappa shape index (κ1) is 18.4. The number of ketones is 1. The highest BCUT2D eigenvalue weighted by molar-refractivity contribution is 6.02. The predicted molar refractivity (Wildman–Crippen MR) is 108 cm³/mol. The fourth-order valence-electron chi connectivity index (χ4n) is 3.02. The minimum Gasteiger partial charge on any atom is -0.449 e. The Morgan fingerprint density at radius 1 is 0.793 bits per heavy atom. The Kier molecular flexibility index (Phi) is 5.03. The lowest BCUT2D eigenvalue weighted by molar-refractivity contribution is 0.0251. The standard InChI is InChI=1S/C24H16O5/c25-19-15-21(28-20-14-8-7-13-18(19)20)24(27)29-23(17-11-5-2-6-12-17)22(26)16-9-3-1-4-10-16/h1-15,23H. The second kappa shape index (κ2) is 7.94. The van der Waals surface area contributed by atoms with Crippen LogP contribution in [0.15, 0.2) is 100 Å². The Hall–Kier alpha value is -3.99. The van der Waals surface area contributed by atoms with Gasteiger partial charge in [0.15, 0.2) is 11.5 Å². The van der Waals surface area contributed by atoms with E-state index >= 15 is 0 Å². The summed E-state index contributed by atoms with van der Waals surface area (Å²) in [7, 11) is 0. The summed E-state index contributed by atoms with van der Waals surface area (Å²) in [6.45, 7) is 0. The van der Waals surface area contributed by atoms with Gasteiger partial charge in [0, 0.05) is 17.2 Å². The zero-order valence-electron chi connectivity index (χ0n) is 15.3. The van der Waals surface area contributed by atoms with Crippen molar-refractivity contribution in [1.82, 2.24) is 0 Å². The average molecular weight is 384 g/mol. The van der Waals surface area contributed by atoms with Crippen LogP contribution in [0.2, 0.25) is 0 Å². The number of benzene rings is 3. The van der Waals surface area contributed by atoms with Gasteiger partial charge in [0.1, 0.15) is 5.58 Å². The van der Waals surface area contributed by atoms with Crippen LogP contribution >= 0.6 is 0 Å². The number of esters is 1. The van der Waals surface area contributed by atoms with E-state index in [9.17, 15) is 14.4 Å². The van der Waals surface area contributed by atoms with Gasteiger partial charge in [-0.05, 0) is 12.1 Å². The topological polar surface area (TPSA) is 73.6 Å². The summed E-state index contributed by atoms with van der Waals surface area (Å²) >= 11 is 0. The van der Waals surface area contributed by atoms with E-state index in [0.29, 0.717) is 16.5 Å². The molecule has 1 unspecified atom stereocenters. The molecule has 1 aromatic heterocycles. The quantitative estimate of drug-likeness (QED) is 0.372. The molecule has 0 saturated carbocycles. The Balaban J connectivity index is 1.70. The van der Waals surface area contributed by atoms with Crippen LogP contribution in [0.4, 0.5) is 0 Å². The molecule has 142 valence electrons. The second-order valence-corrected chi connectivity index (χ2v) is 6.40. The first-order chi connectivity index (χ1) is 14.1. The van der Waals surface area contributed by atoms with Crippen molar-refractivity contribution in [3.8, 4) is 0 Å². The van der Waals surface area contributed by atoms with Crippen molar-refractivity contribution < 1.29 is 18.7 Å². The molecule has 0 fully saturated rings. The minimum absolute atomic E-state index is 0.254. The van der Waals surface area contributed by atoms with Crippen LogP contribution in [-0.2, 0) is 4.74 Å². The Labute approximate surface area is 166 Å². The maximum Gasteiger partial charge on any atom is 0.375 e. The van der Waals surface area contributed by atoms with E-state index < -0.39 is 12.1 Å². The molecule has 1 heterocycles. The molecule has 29 heavy (non-hydrogen) atoms. The Morgan fingerprint density at radius 2 is 1.41 bits per heavy atom. The summed E-state index contributed by atoms with van der Waals surface area (Å²) in [6, 6.07) is 25.0. The van der Waals surface area contributed by atoms with Gasteiger partial charge in [-0.2, -0.15) is 0 Å². The summed E-state index contributed by atoms with van der Waals surface area (Å²) in [4.78, 5) is 38.1. The molecule has 0 aliphatic rings. The zero-order chi connectivity index (χ0) is 20.2. The number of ether oxygens (including phenoxy) is 1. The van der Waals surface area contributed by atoms with E-state index in [1.807, 2.05) is 0 Å². The number of rotatable bonds is 5. The van der Waals surface area contributed by atoms with Crippen LogP contribution in [0.1, 0.15) is 32.6 Å². The summed E-state index contributed by atoms with van der Waals surface area (Å²) in [5.74, 6) is -1.50. The van der Waals surface area contributed by atoms with Crippen LogP contribution in [-0.4, -0.2) is 11.8 Å². The molecule has 0 spiro atoms. The van der Waals surface area contributed by atoms with Crippen molar-refractivity contribution in [1.29, 1.82) is 0 Å². The van der Waals surface area contributed by atoms with Crippen molar-refractivity contribution in [2.75, 3.05) is 0 Å². The molecule has 1 atom stereocenters. The number of carbonyl (C=O) groups excluding carboxylic acids is 2. The summed E-state index contributed by atoms with van der Waals surface area (Å²) in [5.41, 5.74) is 0.856. The molecule has 0 saturated heterocycles. The molecule has 0 radical (unpaired) electrons. The zero-order valence-corrected chi connectivity index (χ0v) is 15.3. The normalized spacial score (nSPS) is 11.7. The molecule has 4 aromatic rings. The molecule has 0 bridgehead atoms. The predicted octanol–water partition coefficient (Wildman–Crippen LogP) is 4.57. The third-order valence-corrected chi connectivity index (χ3v) is 4.46. The number of Topliss-reactive ketones (excluding diaryl/α,β-unsaturated/α-hetero) is 1. The van der Waals surface area contributed by atoms with Crippen molar-refractivity contribution in [2.24, 2.45) is 0 Å². The van der Waals surface area contributed by atoms with Crippen molar-refractivity contribution >= 4 is 22.7 Å².